The molecule has 2 unspecified atom stereocenters. The third-order valence-electron chi connectivity index (χ3n) is 5.39. The zero-order valence-electron chi connectivity index (χ0n) is 15.4. The van der Waals surface area contributed by atoms with E-state index in [4.69, 9.17) is 0 Å². The van der Waals surface area contributed by atoms with E-state index in [9.17, 15) is 4.79 Å². The molecule has 3 heteroatoms. The second kappa shape index (κ2) is 7.30. The molecule has 0 bridgehead atoms. The molecule has 0 radical (unpaired) electrons. The average Bonchev–Trinajstić information content (AvgIpc) is 2.62. The van der Waals surface area contributed by atoms with Crippen LogP contribution in [0.5, 0.6) is 0 Å². The molecule has 2 aromatic carbocycles. The van der Waals surface area contributed by atoms with Gasteiger partial charge in [0.05, 0.1) is 5.41 Å². The van der Waals surface area contributed by atoms with E-state index < -0.39 is 5.41 Å². The summed E-state index contributed by atoms with van der Waals surface area (Å²) in [6, 6.07) is 21.0. The van der Waals surface area contributed by atoms with Crippen molar-refractivity contribution in [1.82, 2.24) is 4.90 Å². The molecule has 1 fully saturated rings. The topological polar surface area (TPSA) is 32.3 Å². The maximum absolute atomic E-state index is 13.2. The van der Waals surface area contributed by atoms with Crippen molar-refractivity contribution in [1.29, 1.82) is 0 Å². The number of para-hydroxylation sites is 1. The van der Waals surface area contributed by atoms with E-state index in [-0.39, 0.29) is 18.0 Å². The molecular weight excluding hydrogens is 308 g/mol. The second-order valence-corrected chi connectivity index (χ2v) is 7.60. The van der Waals surface area contributed by atoms with Crippen LogP contribution in [0.3, 0.4) is 0 Å². The number of likely N-dealkylation sites (tertiary alicyclic amines) is 1. The predicted molar refractivity (Wildman–Crippen MR) is 104 cm³/mol. The van der Waals surface area contributed by atoms with E-state index in [2.05, 4.69) is 67.4 Å². The fourth-order valence-electron chi connectivity index (χ4n) is 3.67. The summed E-state index contributed by atoms with van der Waals surface area (Å²) in [6.45, 7) is 7.08. The van der Waals surface area contributed by atoms with Gasteiger partial charge in [0.25, 0.3) is 0 Å². The van der Waals surface area contributed by atoms with Crippen LogP contribution in [0, 0.1) is 5.41 Å². The van der Waals surface area contributed by atoms with Crippen molar-refractivity contribution >= 4 is 11.6 Å². The van der Waals surface area contributed by atoms with Crippen molar-refractivity contribution in [3.8, 4) is 0 Å². The van der Waals surface area contributed by atoms with E-state index in [1.54, 1.807) is 0 Å². The number of hydrogen-bond donors (Lipinski definition) is 1. The third kappa shape index (κ3) is 3.87. The Hall–Kier alpha value is -2.29. The van der Waals surface area contributed by atoms with Crippen LogP contribution in [0.25, 0.3) is 0 Å². The van der Waals surface area contributed by atoms with E-state index in [0.717, 1.165) is 25.1 Å². The highest BCUT2D eigenvalue weighted by atomic mass is 16.2. The van der Waals surface area contributed by atoms with Gasteiger partial charge in [0.2, 0.25) is 5.91 Å². The molecule has 1 saturated heterocycles. The van der Waals surface area contributed by atoms with Crippen molar-refractivity contribution in [3.63, 3.8) is 0 Å². The summed E-state index contributed by atoms with van der Waals surface area (Å²) in [5, 5.41) is 3.58. The Kier molecular flexibility index (Phi) is 5.12. The lowest BCUT2D eigenvalue weighted by atomic mass is 9.75. The lowest BCUT2D eigenvalue weighted by Crippen LogP contribution is -2.59. The van der Waals surface area contributed by atoms with Crippen LogP contribution in [0.15, 0.2) is 60.7 Å². The SMILES string of the molecule is CC1CC(Nc2ccccc2)C(C)(C)C(=O)N1CCc1ccccc1. The maximum atomic E-state index is 13.2. The van der Waals surface area contributed by atoms with Gasteiger partial charge in [-0.1, -0.05) is 48.5 Å². The summed E-state index contributed by atoms with van der Waals surface area (Å²) < 4.78 is 0. The molecule has 0 aromatic heterocycles. The molecule has 0 saturated carbocycles. The Morgan fingerprint density at radius 3 is 2.28 bits per heavy atom. The van der Waals surface area contributed by atoms with Crippen LogP contribution >= 0.6 is 0 Å². The summed E-state index contributed by atoms with van der Waals surface area (Å²) in [7, 11) is 0. The fourth-order valence-corrected chi connectivity index (χ4v) is 3.67. The van der Waals surface area contributed by atoms with Crippen LogP contribution in [-0.4, -0.2) is 29.4 Å². The van der Waals surface area contributed by atoms with Gasteiger partial charge in [-0.2, -0.15) is 0 Å². The summed E-state index contributed by atoms with van der Waals surface area (Å²) in [5.41, 5.74) is 1.95. The van der Waals surface area contributed by atoms with Crippen LogP contribution in [0.2, 0.25) is 0 Å². The molecule has 0 aliphatic carbocycles. The molecule has 2 atom stereocenters. The highest BCUT2D eigenvalue weighted by Gasteiger charge is 2.46. The van der Waals surface area contributed by atoms with Crippen molar-refractivity contribution in [2.24, 2.45) is 5.41 Å². The van der Waals surface area contributed by atoms with Gasteiger partial charge in [-0.15, -0.1) is 0 Å². The largest absolute Gasteiger partial charge is 0.381 e. The van der Waals surface area contributed by atoms with Gasteiger partial charge in [0.1, 0.15) is 0 Å². The third-order valence-corrected chi connectivity index (χ3v) is 5.39. The summed E-state index contributed by atoms with van der Waals surface area (Å²) in [5.74, 6) is 0.246. The number of carbonyl (C=O) groups is 1. The first-order valence-corrected chi connectivity index (χ1v) is 9.15. The molecule has 2 aromatic rings. The van der Waals surface area contributed by atoms with E-state index in [0.29, 0.717) is 0 Å². The lowest BCUT2D eigenvalue weighted by molar-refractivity contribution is -0.148. The molecule has 1 aliphatic heterocycles. The van der Waals surface area contributed by atoms with Crippen LogP contribution in [0.1, 0.15) is 32.8 Å². The fraction of sp³-hybridized carbons (Fsp3) is 0.409. The molecule has 3 nitrogen and oxygen atoms in total. The van der Waals surface area contributed by atoms with Crippen molar-refractivity contribution in [3.05, 3.63) is 66.2 Å². The Bertz CT molecular complexity index is 696. The monoisotopic (exact) mass is 336 g/mol. The number of benzene rings is 2. The highest BCUT2D eigenvalue weighted by Crippen LogP contribution is 2.35. The van der Waals surface area contributed by atoms with Gasteiger partial charge in [0.15, 0.2) is 0 Å². The number of anilines is 1. The summed E-state index contributed by atoms with van der Waals surface area (Å²) in [4.78, 5) is 15.2. The van der Waals surface area contributed by atoms with Gasteiger partial charge in [-0.3, -0.25) is 4.79 Å². The molecular formula is C22H28N2O. The first-order chi connectivity index (χ1) is 12.0. The molecule has 132 valence electrons. The van der Waals surface area contributed by atoms with Crippen LogP contribution in [0.4, 0.5) is 5.69 Å². The highest BCUT2D eigenvalue weighted by molar-refractivity contribution is 5.84. The van der Waals surface area contributed by atoms with Gasteiger partial charge in [0, 0.05) is 24.3 Å². The Labute approximate surface area is 151 Å². The van der Waals surface area contributed by atoms with E-state index in [1.165, 1.54) is 5.56 Å². The van der Waals surface area contributed by atoms with Crippen LogP contribution < -0.4 is 5.32 Å². The average molecular weight is 336 g/mol. The molecule has 1 N–H and O–H groups in total. The lowest BCUT2D eigenvalue weighted by Gasteiger charge is -2.47. The minimum atomic E-state index is -0.418. The molecule has 0 spiro atoms. The van der Waals surface area contributed by atoms with Gasteiger partial charge < -0.3 is 10.2 Å². The Morgan fingerprint density at radius 1 is 1.04 bits per heavy atom. The quantitative estimate of drug-likeness (QED) is 0.880. The first kappa shape index (κ1) is 17.5. The maximum Gasteiger partial charge on any atom is 0.230 e. The normalized spacial score (nSPS) is 22.7. The van der Waals surface area contributed by atoms with Crippen molar-refractivity contribution in [2.75, 3.05) is 11.9 Å². The van der Waals surface area contributed by atoms with E-state index in [1.807, 2.05) is 24.3 Å². The number of nitrogens with one attached hydrogen (secondary N) is 1. The van der Waals surface area contributed by atoms with Crippen LogP contribution in [-0.2, 0) is 11.2 Å². The first-order valence-electron chi connectivity index (χ1n) is 9.15. The second-order valence-electron chi connectivity index (χ2n) is 7.60. The minimum absolute atomic E-state index is 0.144. The van der Waals surface area contributed by atoms with Gasteiger partial charge in [-0.05, 0) is 51.3 Å². The minimum Gasteiger partial charge on any atom is -0.381 e. The number of carbonyl (C=O) groups excluding carboxylic acids is 1. The zero-order chi connectivity index (χ0) is 17.9. The number of nitrogens with zero attached hydrogens (tertiary/aromatic N) is 1. The molecule has 1 aliphatic rings. The standard InChI is InChI=1S/C22H28N2O/c1-17-16-20(23-19-12-8-5-9-13-19)22(2,3)21(25)24(17)15-14-18-10-6-4-7-11-18/h4-13,17,20,23H,14-16H2,1-3H3. The number of rotatable bonds is 5. The predicted octanol–water partition coefficient (Wildman–Crippen LogP) is 4.36. The molecule has 1 amide bonds. The Balaban J connectivity index is 1.69. The number of hydrogen-bond acceptors (Lipinski definition) is 2. The van der Waals surface area contributed by atoms with Gasteiger partial charge >= 0.3 is 0 Å². The molecule has 25 heavy (non-hydrogen) atoms. The number of piperidine rings is 1. The summed E-state index contributed by atoms with van der Waals surface area (Å²) in [6.07, 6.45) is 1.87. The summed E-state index contributed by atoms with van der Waals surface area (Å²) >= 11 is 0. The zero-order valence-corrected chi connectivity index (χ0v) is 15.4. The van der Waals surface area contributed by atoms with E-state index >= 15 is 0 Å². The molecule has 1 heterocycles. The van der Waals surface area contributed by atoms with Gasteiger partial charge in [-0.25, -0.2) is 0 Å². The number of amides is 1. The van der Waals surface area contributed by atoms with Crippen molar-refractivity contribution < 1.29 is 4.79 Å². The van der Waals surface area contributed by atoms with Crippen molar-refractivity contribution in [2.45, 2.75) is 45.7 Å². The smallest absolute Gasteiger partial charge is 0.230 e. The molecule has 3 rings (SSSR count). The Morgan fingerprint density at radius 2 is 1.64 bits per heavy atom.